The number of non-ortho nitro benzene ring substituents is 1. The first-order valence-electron chi connectivity index (χ1n) is 6.06. The van der Waals surface area contributed by atoms with Crippen molar-refractivity contribution in [2.75, 3.05) is 0 Å². The highest BCUT2D eigenvalue weighted by Gasteiger charge is 2.23. The fourth-order valence-corrected chi connectivity index (χ4v) is 2.56. The first-order chi connectivity index (χ1) is 10.1. The number of ether oxygens (including phenoxy) is 1. The van der Waals surface area contributed by atoms with E-state index in [1.165, 1.54) is 23.5 Å². The molecule has 0 N–H and O–H groups in total. The maximum atomic E-state index is 11.8. The molecule has 0 unspecified atom stereocenters. The topological polar surface area (TPSA) is 69.4 Å². The van der Waals surface area contributed by atoms with Crippen LogP contribution in [-0.4, -0.2) is 10.9 Å². The summed E-state index contributed by atoms with van der Waals surface area (Å²) in [6.07, 6.45) is 3.32. The van der Waals surface area contributed by atoms with E-state index in [1.54, 1.807) is 24.3 Å². The first kappa shape index (κ1) is 13.3. The Morgan fingerprint density at radius 1 is 1.29 bits per heavy atom. The van der Waals surface area contributed by atoms with Gasteiger partial charge in [0.15, 0.2) is 0 Å². The molecule has 1 aromatic carbocycles. The smallest absolute Gasteiger partial charge is 0.343 e. The molecule has 1 aliphatic rings. The standard InChI is InChI=1S/C15H9NO4S/c17-15-12(6-10-4-5-21-9-10)8-14(20-15)11-2-1-3-13(7-11)16(18)19/h1-9H. The Morgan fingerprint density at radius 3 is 2.86 bits per heavy atom. The van der Waals surface area contributed by atoms with E-state index in [2.05, 4.69) is 0 Å². The van der Waals surface area contributed by atoms with Crippen molar-refractivity contribution in [3.05, 3.63) is 74.0 Å². The van der Waals surface area contributed by atoms with Gasteiger partial charge in [0.05, 0.1) is 10.5 Å². The van der Waals surface area contributed by atoms with Gasteiger partial charge in [0.2, 0.25) is 0 Å². The van der Waals surface area contributed by atoms with Crippen LogP contribution >= 0.6 is 11.3 Å². The van der Waals surface area contributed by atoms with Gasteiger partial charge in [-0.3, -0.25) is 10.1 Å². The number of cyclic esters (lactones) is 1. The lowest BCUT2D eigenvalue weighted by Gasteiger charge is -2.01. The van der Waals surface area contributed by atoms with Crippen LogP contribution < -0.4 is 0 Å². The molecule has 0 amide bonds. The first-order valence-corrected chi connectivity index (χ1v) is 7.00. The number of nitro benzene ring substituents is 1. The highest BCUT2D eigenvalue weighted by Crippen LogP contribution is 2.29. The molecule has 2 heterocycles. The molecule has 0 spiro atoms. The minimum absolute atomic E-state index is 0.0419. The van der Waals surface area contributed by atoms with Gasteiger partial charge in [-0.05, 0) is 34.5 Å². The number of thiophene rings is 1. The van der Waals surface area contributed by atoms with E-state index in [-0.39, 0.29) is 5.69 Å². The van der Waals surface area contributed by atoms with E-state index in [9.17, 15) is 14.9 Å². The van der Waals surface area contributed by atoms with E-state index in [0.717, 1.165) is 5.56 Å². The van der Waals surface area contributed by atoms with Crippen LogP contribution in [0.25, 0.3) is 11.8 Å². The molecule has 6 heteroatoms. The summed E-state index contributed by atoms with van der Waals surface area (Å²) in [7, 11) is 0. The van der Waals surface area contributed by atoms with Crippen LogP contribution in [0.5, 0.6) is 0 Å². The van der Waals surface area contributed by atoms with Gasteiger partial charge >= 0.3 is 5.97 Å². The van der Waals surface area contributed by atoms with Crippen molar-refractivity contribution in [1.29, 1.82) is 0 Å². The fraction of sp³-hybridized carbons (Fsp3) is 0. The highest BCUT2D eigenvalue weighted by atomic mass is 32.1. The Balaban J connectivity index is 1.95. The number of hydrogen-bond acceptors (Lipinski definition) is 5. The van der Waals surface area contributed by atoms with Gasteiger partial charge in [0.1, 0.15) is 5.76 Å². The van der Waals surface area contributed by atoms with Crippen LogP contribution in [0, 0.1) is 10.1 Å². The van der Waals surface area contributed by atoms with E-state index in [4.69, 9.17) is 4.74 Å². The van der Waals surface area contributed by atoms with Gasteiger partial charge in [0.25, 0.3) is 5.69 Å². The van der Waals surface area contributed by atoms with E-state index in [0.29, 0.717) is 16.9 Å². The summed E-state index contributed by atoms with van der Waals surface area (Å²) >= 11 is 1.53. The predicted molar refractivity (Wildman–Crippen MR) is 79.5 cm³/mol. The minimum Gasteiger partial charge on any atom is -0.422 e. The minimum atomic E-state index is -0.483. The van der Waals surface area contributed by atoms with Crippen molar-refractivity contribution >= 4 is 34.8 Å². The average molecular weight is 299 g/mol. The Morgan fingerprint density at radius 2 is 2.14 bits per heavy atom. The molecular formula is C15H9NO4S. The molecule has 5 nitrogen and oxygen atoms in total. The summed E-state index contributed by atoms with van der Waals surface area (Å²) in [5, 5.41) is 14.6. The fourth-order valence-electron chi connectivity index (χ4n) is 1.94. The highest BCUT2D eigenvalue weighted by molar-refractivity contribution is 7.08. The molecule has 1 aliphatic heterocycles. The third kappa shape index (κ3) is 2.75. The molecule has 2 aromatic rings. The second-order valence-electron chi connectivity index (χ2n) is 4.36. The number of nitro groups is 1. The molecule has 0 fully saturated rings. The summed E-state index contributed by atoms with van der Waals surface area (Å²) in [5.41, 5.74) is 1.81. The van der Waals surface area contributed by atoms with E-state index >= 15 is 0 Å². The lowest BCUT2D eigenvalue weighted by molar-refractivity contribution is -0.384. The maximum Gasteiger partial charge on any atom is 0.343 e. The van der Waals surface area contributed by atoms with Crippen molar-refractivity contribution in [3.8, 4) is 0 Å². The maximum absolute atomic E-state index is 11.8. The SMILES string of the molecule is O=C1OC(c2cccc([N+](=O)[O-])c2)=CC1=Cc1ccsc1. The van der Waals surface area contributed by atoms with Crippen LogP contribution in [0.3, 0.4) is 0 Å². The molecular weight excluding hydrogens is 290 g/mol. The molecule has 104 valence electrons. The molecule has 0 saturated carbocycles. The molecule has 21 heavy (non-hydrogen) atoms. The summed E-state index contributed by atoms with van der Waals surface area (Å²) in [5.74, 6) is -0.132. The number of benzene rings is 1. The van der Waals surface area contributed by atoms with Crippen molar-refractivity contribution in [2.45, 2.75) is 0 Å². The zero-order valence-corrected chi connectivity index (χ0v) is 11.5. The van der Waals surface area contributed by atoms with Gasteiger partial charge in [-0.2, -0.15) is 11.3 Å². The van der Waals surface area contributed by atoms with Crippen molar-refractivity contribution in [2.24, 2.45) is 0 Å². The lowest BCUT2D eigenvalue weighted by Crippen LogP contribution is -1.97. The molecule has 0 bridgehead atoms. The Labute approximate surface area is 123 Å². The normalized spacial score (nSPS) is 15.9. The van der Waals surface area contributed by atoms with Gasteiger partial charge in [-0.25, -0.2) is 4.79 Å². The van der Waals surface area contributed by atoms with Crippen LogP contribution in [-0.2, 0) is 9.53 Å². The predicted octanol–water partition coefficient (Wildman–Crippen LogP) is 3.64. The lowest BCUT2D eigenvalue weighted by atomic mass is 10.1. The van der Waals surface area contributed by atoms with Gasteiger partial charge < -0.3 is 4.74 Å². The Hall–Kier alpha value is -2.73. The summed E-state index contributed by atoms with van der Waals surface area (Å²) in [6.45, 7) is 0. The third-order valence-electron chi connectivity index (χ3n) is 2.93. The zero-order chi connectivity index (χ0) is 14.8. The van der Waals surface area contributed by atoms with Crippen molar-refractivity contribution in [3.63, 3.8) is 0 Å². The number of carbonyl (C=O) groups is 1. The van der Waals surface area contributed by atoms with E-state index in [1.807, 2.05) is 16.8 Å². The molecule has 0 aliphatic carbocycles. The summed E-state index contributed by atoms with van der Waals surface area (Å²) in [4.78, 5) is 22.1. The Kier molecular flexibility index (Phi) is 3.37. The second-order valence-corrected chi connectivity index (χ2v) is 5.14. The van der Waals surface area contributed by atoms with Crippen LogP contribution in [0.1, 0.15) is 11.1 Å². The number of nitrogens with zero attached hydrogens (tertiary/aromatic N) is 1. The van der Waals surface area contributed by atoms with Gasteiger partial charge in [-0.15, -0.1) is 0 Å². The summed E-state index contributed by atoms with van der Waals surface area (Å²) < 4.78 is 5.18. The molecule has 0 atom stereocenters. The largest absolute Gasteiger partial charge is 0.422 e. The van der Waals surface area contributed by atoms with Gasteiger partial charge in [0, 0.05) is 17.7 Å². The number of hydrogen-bond donors (Lipinski definition) is 0. The number of rotatable bonds is 3. The third-order valence-corrected chi connectivity index (χ3v) is 3.63. The van der Waals surface area contributed by atoms with Crippen LogP contribution in [0.2, 0.25) is 0 Å². The van der Waals surface area contributed by atoms with E-state index < -0.39 is 10.9 Å². The molecule has 0 saturated heterocycles. The Bertz CT molecular complexity index is 775. The number of esters is 1. The zero-order valence-electron chi connectivity index (χ0n) is 10.7. The quantitative estimate of drug-likeness (QED) is 0.375. The van der Waals surface area contributed by atoms with Crippen LogP contribution in [0.15, 0.2) is 52.7 Å². The van der Waals surface area contributed by atoms with Crippen molar-refractivity contribution < 1.29 is 14.5 Å². The summed E-state index contributed by atoms with van der Waals surface area (Å²) in [6, 6.07) is 7.89. The second kappa shape index (κ2) is 5.34. The average Bonchev–Trinajstić information content (AvgIpc) is 3.10. The number of carbonyl (C=O) groups excluding carboxylic acids is 1. The molecule has 0 radical (unpaired) electrons. The van der Waals surface area contributed by atoms with Crippen molar-refractivity contribution in [1.82, 2.24) is 0 Å². The monoisotopic (exact) mass is 299 g/mol. The molecule has 3 rings (SSSR count). The van der Waals surface area contributed by atoms with Crippen LogP contribution in [0.4, 0.5) is 5.69 Å². The molecule has 1 aromatic heterocycles. The van der Waals surface area contributed by atoms with Gasteiger partial charge in [-0.1, -0.05) is 12.1 Å².